The topological polar surface area (TPSA) is 75.6 Å². The van der Waals surface area contributed by atoms with E-state index in [1.54, 1.807) is 6.92 Å². The van der Waals surface area contributed by atoms with E-state index in [9.17, 15) is 9.36 Å². The lowest BCUT2D eigenvalue weighted by molar-refractivity contribution is -0.136. The summed E-state index contributed by atoms with van der Waals surface area (Å²) in [5.74, 6) is -0.833. The predicted octanol–water partition coefficient (Wildman–Crippen LogP) is 1.89. The van der Waals surface area contributed by atoms with Crippen LogP contribution in [0.1, 0.15) is 27.7 Å². The first kappa shape index (κ1) is 14.9. The molecule has 7 heteroatoms. The summed E-state index contributed by atoms with van der Waals surface area (Å²) in [4.78, 5) is 19.8. The second kappa shape index (κ2) is 5.30. The number of nitrogens with one attached hydrogen (secondary N) is 1. The van der Waals surface area contributed by atoms with Gasteiger partial charge >= 0.3 is 12.9 Å². The van der Waals surface area contributed by atoms with Crippen LogP contribution >= 0.6 is 18.2 Å². The standard InChI is InChI=1S/C8H17ClNO4P/c1-6(10-5-8(2,3)4)7(11)14-15(9,12)13/h6,10H,5H2,1-4H3,(H,12,13). The molecule has 0 aliphatic carbocycles. The minimum absolute atomic E-state index is 0.0123. The van der Waals surface area contributed by atoms with Crippen LogP contribution in [-0.4, -0.2) is 23.4 Å². The van der Waals surface area contributed by atoms with Crippen LogP contribution in [0, 0.1) is 5.41 Å². The summed E-state index contributed by atoms with van der Waals surface area (Å²) in [6.45, 7) is 3.86. The van der Waals surface area contributed by atoms with Gasteiger partial charge in [0, 0.05) is 17.8 Å². The summed E-state index contributed by atoms with van der Waals surface area (Å²) in [6.07, 6.45) is 0. The minimum Gasteiger partial charge on any atom is -0.379 e. The van der Waals surface area contributed by atoms with Gasteiger partial charge in [-0.3, -0.25) is 4.79 Å². The van der Waals surface area contributed by atoms with E-state index in [1.807, 2.05) is 20.8 Å². The Labute approximate surface area is 94.5 Å². The van der Waals surface area contributed by atoms with Crippen molar-refractivity contribution in [1.29, 1.82) is 0 Å². The van der Waals surface area contributed by atoms with Crippen molar-refractivity contribution < 1.29 is 18.8 Å². The van der Waals surface area contributed by atoms with Gasteiger partial charge in [0.15, 0.2) is 0 Å². The zero-order valence-corrected chi connectivity index (χ0v) is 10.9. The summed E-state index contributed by atoms with van der Waals surface area (Å²) in [5.41, 5.74) is 0.0123. The van der Waals surface area contributed by atoms with Gasteiger partial charge in [0.2, 0.25) is 0 Å². The normalized spacial score (nSPS) is 18.0. The number of halogens is 1. The Bertz CT molecular complexity index is 270. The molecule has 0 saturated carbocycles. The molecule has 0 bridgehead atoms. The molecule has 0 amide bonds. The molecule has 0 saturated heterocycles. The summed E-state index contributed by atoms with van der Waals surface area (Å²) in [5, 5.41) is 2.88. The van der Waals surface area contributed by atoms with Gasteiger partial charge in [0.1, 0.15) is 6.04 Å². The highest BCUT2D eigenvalue weighted by Gasteiger charge is 2.25. The lowest BCUT2D eigenvalue weighted by atomic mass is 9.97. The highest BCUT2D eigenvalue weighted by atomic mass is 35.7. The summed E-state index contributed by atoms with van der Waals surface area (Å²) in [7, 11) is 0. The average molecular weight is 258 g/mol. The molecule has 0 aromatic heterocycles. The highest BCUT2D eigenvalue weighted by Crippen LogP contribution is 2.47. The Balaban J connectivity index is 4.07. The lowest BCUT2D eigenvalue weighted by Gasteiger charge is -2.21. The molecule has 2 N–H and O–H groups in total. The lowest BCUT2D eigenvalue weighted by Crippen LogP contribution is -2.39. The number of hydrogen-bond donors (Lipinski definition) is 2. The zero-order chi connectivity index (χ0) is 12.3. The molecule has 5 nitrogen and oxygen atoms in total. The highest BCUT2D eigenvalue weighted by molar-refractivity contribution is 7.80. The van der Waals surface area contributed by atoms with Crippen molar-refractivity contribution in [3.05, 3.63) is 0 Å². The maximum absolute atomic E-state index is 11.2. The molecule has 0 aliphatic rings. The van der Waals surface area contributed by atoms with E-state index in [0.717, 1.165) is 0 Å². The molecule has 0 radical (unpaired) electrons. The van der Waals surface area contributed by atoms with Gasteiger partial charge in [-0.15, -0.1) is 0 Å². The van der Waals surface area contributed by atoms with Crippen molar-refractivity contribution in [3.63, 3.8) is 0 Å². The molecular formula is C8H17ClNO4P. The molecule has 0 aliphatic heterocycles. The second-order valence-electron chi connectivity index (χ2n) is 4.53. The van der Waals surface area contributed by atoms with Crippen molar-refractivity contribution >= 4 is 24.2 Å². The first-order valence-electron chi connectivity index (χ1n) is 4.50. The van der Waals surface area contributed by atoms with Crippen LogP contribution in [0.5, 0.6) is 0 Å². The van der Waals surface area contributed by atoms with Gasteiger partial charge in [0.25, 0.3) is 0 Å². The van der Waals surface area contributed by atoms with Gasteiger partial charge in [-0.2, -0.15) is 0 Å². The monoisotopic (exact) mass is 257 g/mol. The second-order valence-corrected chi connectivity index (χ2v) is 6.89. The third kappa shape index (κ3) is 8.88. The fourth-order valence-electron chi connectivity index (χ4n) is 0.733. The van der Waals surface area contributed by atoms with Crippen molar-refractivity contribution in [2.75, 3.05) is 6.54 Å². The Hall–Kier alpha value is -0.0900. The third-order valence-corrected chi connectivity index (χ3v) is 2.11. The molecule has 0 aromatic rings. The molecular weight excluding hydrogens is 241 g/mol. The quantitative estimate of drug-likeness (QED) is 0.752. The molecule has 0 rings (SSSR count). The largest absolute Gasteiger partial charge is 0.476 e. The summed E-state index contributed by atoms with van der Waals surface area (Å²) in [6, 6.07) is -0.663. The number of hydrogen-bond acceptors (Lipinski definition) is 4. The Morgan fingerprint density at radius 1 is 1.60 bits per heavy atom. The van der Waals surface area contributed by atoms with Crippen molar-refractivity contribution in [3.8, 4) is 0 Å². The van der Waals surface area contributed by atoms with E-state index in [1.165, 1.54) is 0 Å². The molecule has 0 spiro atoms. The van der Waals surface area contributed by atoms with Crippen LogP contribution in [0.2, 0.25) is 0 Å². The van der Waals surface area contributed by atoms with Crippen molar-refractivity contribution in [1.82, 2.24) is 5.32 Å². The van der Waals surface area contributed by atoms with Crippen molar-refractivity contribution in [2.24, 2.45) is 5.41 Å². The van der Waals surface area contributed by atoms with Crippen LogP contribution in [-0.2, 0) is 13.9 Å². The van der Waals surface area contributed by atoms with Crippen LogP contribution in [0.25, 0.3) is 0 Å². The first-order chi connectivity index (χ1) is 6.51. The third-order valence-electron chi connectivity index (χ3n) is 1.49. The minimum atomic E-state index is -4.26. The molecule has 0 fully saturated rings. The number of rotatable bonds is 4. The van der Waals surface area contributed by atoms with Gasteiger partial charge in [0.05, 0.1) is 0 Å². The van der Waals surface area contributed by atoms with Crippen LogP contribution < -0.4 is 5.32 Å². The van der Waals surface area contributed by atoms with Crippen LogP contribution in [0.4, 0.5) is 0 Å². The fourth-order valence-corrected chi connectivity index (χ4v) is 1.32. The van der Waals surface area contributed by atoms with E-state index in [0.29, 0.717) is 6.54 Å². The summed E-state index contributed by atoms with van der Waals surface area (Å²) < 4.78 is 14.7. The van der Waals surface area contributed by atoms with E-state index >= 15 is 0 Å². The Morgan fingerprint density at radius 2 is 2.07 bits per heavy atom. The van der Waals surface area contributed by atoms with Crippen molar-refractivity contribution in [2.45, 2.75) is 33.7 Å². The molecule has 0 heterocycles. The molecule has 15 heavy (non-hydrogen) atoms. The van der Waals surface area contributed by atoms with Gasteiger partial charge in [-0.25, -0.2) is 4.57 Å². The predicted molar refractivity (Wildman–Crippen MR) is 58.7 cm³/mol. The maximum Gasteiger partial charge on any atom is 0.476 e. The Morgan fingerprint density at radius 3 is 2.40 bits per heavy atom. The van der Waals surface area contributed by atoms with Gasteiger partial charge in [-0.05, 0) is 12.3 Å². The van der Waals surface area contributed by atoms with E-state index in [-0.39, 0.29) is 5.41 Å². The molecule has 90 valence electrons. The Kier molecular flexibility index (Phi) is 5.27. The van der Waals surface area contributed by atoms with Gasteiger partial charge < -0.3 is 14.7 Å². The van der Waals surface area contributed by atoms with E-state index < -0.39 is 19.0 Å². The van der Waals surface area contributed by atoms with Crippen LogP contribution in [0.3, 0.4) is 0 Å². The molecule has 0 aromatic carbocycles. The maximum atomic E-state index is 11.2. The zero-order valence-electron chi connectivity index (χ0n) is 9.28. The van der Waals surface area contributed by atoms with E-state index in [2.05, 4.69) is 9.84 Å². The number of carbonyl (C=O) groups is 1. The van der Waals surface area contributed by atoms with E-state index in [4.69, 9.17) is 16.1 Å². The first-order valence-corrected chi connectivity index (χ1v) is 6.99. The van der Waals surface area contributed by atoms with Gasteiger partial charge in [-0.1, -0.05) is 20.8 Å². The SMILES string of the molecule is CC(NCC(C)(C)C)C(=O)OP(=O)(O)Cl. The molecule has 2 atom stereocenters. The average Bonchev–Trinajstić information content (AvgIpc) is 1.95. The smallest absolute Gasteiger partial charge is 0.379 e. The van der Waals surface area contributed by atoms with Crippen LogP contribution in [0.15, 0.2) is 0 Å². The summed E-state index contributed by atoms with van der Waals surface area (Å²) >= 11 is 4.90. The fraction of sp³-hybridized carbons (Fsp3) is 0.875. The molecule has 2 unspecified atom stereocenters. The number of carbonyl (C=O) groups excluding carboxylic acids is 1.